The Morgan fingerprint density at radius 1 is 1.25 bits per heavy atom. The molecule has 7 nitrogen and oxygen atoms in total. The molecule has 0 bridgehead atoms. The molecule has 1 amide bonds. The number of carbonyl (C=O) groups excluding carboxylic acids is 1. The molecule has 1 aliphatic rings. The van der Waals surface area contributed by atoms with E-state index in [1.165, 1.54) is 18.0 Å². The zero-order valence-electron chi connectivity index (χ0n) is 15.9. The number of alkyl halides is 3. The molecule has 11 heteroatoms. The van der Waals surface area contributed by atoms with E-state index in [4.69, 9.17) is 0 Å². The first kappa shape index (κ1) is 24.4. The number of nitrogens with zero attached hydrogens (tertiary/aromatic N) is 4. The molecule has 1 atom stereocenters. The first-order valence-corrected chi connectivity index (χ1v) is 8.77. The number of carbonyl (C=O) groups is 1. The lowest BCUT2D eigenvalue weighted by Gasteiger charge is -2.39. The number of hydrogen-bond acceptors (Lipinski definition) is 4. The molecule has 0 saturated carbocycles. The minimum atomic E-state index is -4.21. The Bertz CT molecular complexity index is 636. The van der Waals surface area contributed by atoms with Crippen molar-refractivity contribution in [2.75, 3.05) is 46.3 Å². The minimum absolute atomic E-state index is 0. The van der Waals surface area contributed by atoms with Crippen molar-refractivity contribution in [3.05, 3.63) is 30.1 Å². The number of aliphatic imine (C=N–C) groups is 1. The number of guanidine groups is 1. The normalized spacial score (nSPS) is 16.9. The molecule has 1 aromatic heterocycles. The summed E-state index contributed by atoms with van der Waals surface area (Å²) in [5.74, 6) is 0.402. The van der Waals surface area contributed by atoms with Crippen LogP contribution in [-0.4, -0.2) is 85.2 Å². The van der Waals surface area contributed by atoms with Gasteiger partial charge in [-0.05, 0) is 19.1 Å². The molecule has 0 aliphatic carbocycles. The molecule has 1 aliphatic heterocycles. The summed E-state index contributed by atoms with van der Waals surface area (Å²) in [6.45, 7) is 3.59. The van der Waals surface area contributed by atoms with Gasteiger partial charge in [0.25, 0.3) is 5.91 Å². The predicted molar refractivity (Wildman–Crippen MR) is 112 cm³/mol. The van der Waals surface area contributed by atoms with Gasteiger partial charge in [-0.2, -0.15) is 13.2 Å². The lowest BCUT2D eigenvalue weighted by atomic mass is 10.2. The fourth-order valence-corrected chi connectivity index (χ4v) is 2.81. The molecule has 28 heavy (non-hydrogen) atoms. The second-order valence-electron chi connectivity index (χ2n) is 6.21. The molecule has 0 radical (unpaired) electrons. The number of amides is 1. The lowest BCUT2D eigenvalue weighted by molar-refractivity contribution is -0.181. The Morgan fingerprint density at radius 3 is 2.43 bits per heavy atom. The van der Waals surface area contributed by atoms with Crippen molar-refractivity contribution in [1.82, 2.24) is 25.4 Å². The second-order valence-corrected chi connectivity index (χ2v) is 6.21. The molecule has 1 saturated heterocycles. The van der Waals surface area contributed by atoms with E-state index in [-0.39, 0.29) is 29.9 Å². The third-order valence-corrected chi connectivity index (χ3v) is 4.46. The maximum absolute atomic E-state index is 12.8. The van der Waals surface area contributed by atoms with Crippen molar-refractivity contribution in [3.63, 3.8) is 0 Å². The molecule has 2 heterocycles. The summed E-state index contributed by atoms with van der Waals surface area (Å²) < 4.78 is 38.5. The Morgan fingerprint density at radius 2 is 1.89 bits per heavy atom. The zero-order chi connectivity index (χ0) is 19.9. The van der Waals surface area contributed by atoms with Gasteiger partial charge >= 0.3 is 6.18 Å². The summed E-state index contributed by atoms with van der Waals surface area (Å²) in [5.41, 5.74) is 0.483. The van der Waals surface area contributed by atoms with Crippen molar-refractivity contribution < 1.29 is 18.0 Å². The summed E-state index contributed by atoms with van der Waals surface area (Å²) in [6, 6.07) is 1.92. The van der Waals surface area contributed by atoms with E-state index in [0.29, 0.717) is 50.8 Å². The van der Waals surface area contributed by atoms with Gasteiger partial charge in [-0.3, -0.25) is 19.7 Å². The Balaban J connectivity index is 0.00000392. The maximum atomic E-state index is 12.8. The van der Waals surface area contributed by atoms with E-state index in [2.05, 4.69) is 20.6 Å². The van der Waals surface area contributed by atoms with Gasteiger partial charge in [-0.25, -0.2) is 0 Å². The number of hydrogen-bond donors (Lipinski definition) is 2. The number of aromatic nitrogens is 1. The quantitative estimate of drug-likeness (QED) is 0.270. The zero-order valence-corrected chi connectivity index (χ0v) is 18.2. The van der Waals surface area contributed by atoms with Crippen LogP contribution in [0.5, 0.6) is 0 Å². The van der Waals surface area contributed by atoms with Crippen molar-refractivity contribution in [2.45, 2.75) is 19.1 Å². The van der Waals surface area contributed by atoms with Crippen LogP contribution in [0.2, 0.25) is 0 Å². The van der Waals surface area contributed by atoms with Gasteiger partial charge in [0.15, 0.2) is 5.96 Å². The summed E-state index contributed by atoms with van der Waals surface area (Å²) in [7, 11) is 1.63. The van der Waals surface area contributed by atoms with Crippen LogP contribution in [0.25, 0.3) is 0 Å². The van der Waals surface area contributed by atoms with Gasteiger partial charge in [0.1, 0.15) is 6.04 Å². The Hall–Kier alpha value is -1.63. The summed E-state index contributed by atoms with van der Waals surface area (Å²) in [6.07, 6.45) is -1.13. The van der Waals surface area contributed by atoms with Crippen molar-refractivity contribution >= 4 is 35.8 Å². The summed E-state index contributed by atoms with van der Waals surface area (Å²) >= 11 is 0. The number of pyridine rings is 1. The van der Waals surface area contributed by atoms with E-state index in [0.717, 1.165) is 0 Å². The molecular weight excluding hydrogens is 488 g/mol. The van der Waals surface area contributed by atoms with Gasteiger partial charge in [0, 0.05) is 58.7 Å². The Labute approximate surface area is 179 Å². The van der Waals surface area contributed by atoms with Crippen LogP contribution in [0.15, 0.2) is 29.5 Å². The van der Waals surface area contributed by atoms with Crippen LogP contribution in [0.1, 0.15) is 17.3 Å². The highest BCUT2D eigenvalue weighted by atomic mass is 127. The monoisotopic (exact) mass is 514 g/mol. The first-order chi connectivity index (χ1) is 12.8. The lowest BCUT2D eigenvalue weighted by Crippen LogP contribution is -2.57. The number of rotatable bonds is 5. The smallest absolute Gasteiger partial charge is 0.354 e. The van der Waals surface area contributed by atoms with E-state index >= 15 is 0 Å². The molecule has 1 aromatic rings. The minimum Gasteiger partial charge on any atom is -0.354 e. The topological polar surface area (TPSA) is 72.9 Å². The van der Waals surface area contributed by atoms with E-state index in [1.807, 2.05) is 4.90 Å². The van der Waals surface area contributed by atoms with E-state index in [1.54, 1.807) is 25.4 Å². The highest BCUT2D eigenvalue weighted by Crippen LogP contribution is 2.25. The van der Waals surface area contributed by atoms with Gasteiger partial charge in [0.05, 0.1) is 5.56 Å². The van der Waals surface area contributed by atoms with E-state index < -0.39 is 12.2 Å². The number of piperazine rings is 1. The van der Waals surface area contributed by atoms with Crippen LogP contribution in [0.4, 0.5) is 13.2 Å². The maximum Gasteiger partial charge on any atom is 0.403 e. The first-order valence-electron chi connectivity index (χ1n) is 8.77. The molecule has 1 unspecified atom stereocenters. The standard InChI is InChI=1S/C17H25F3N6O.HI/c1-13(17(18,19)20)25-8-10-26(11-9-25)16(21-2)24-7-6-23-15(27)14-4-3-5-22-12-14;/h3-5,12-13H,6-11H2,1-2H3,(H,21,24)(H,23,27);1H. The molecule has 0 spiro atoms. The third kappa shape index (κ3) is 7.08. The highest BCUT2D eigenvalue weighted by molar-refractivity contribution is 14.0. The summed E-state index contributed by atoms with van der Waals surface area (Å²) in [4.78, 5) is 23.3. The molecule has 2 rings (SSSR count). The van der Waals surface area contributed by atoms with Crippen LogP contribution >= 0.6 is 24.0 Å². The van der Waals surface area contributed by atoms with E-state index in [9.17, 15) is 18.0 Å². The van der Waals surface area contributed by atoms with Crippen molar-refractivity contribution in [1.29, 1.82) is 0 Å². The van der Waals surface area contributed by atoms with Crippen molar-refractivity contribution in [2.24, 2.45) is 4.99 Å². The third-order valence-electron chi connectivity index (χ3n) is 4.46. The van der Waals surface area contributed by atoms with Crippen molar-refractivity contribution in [3.8, 4) is 0 Å². The molecule has 158 valence electrons. The largest absolute Gasteiger partial charge is 0.403 e. The molecule has 1 fully saturated rings. The molecule has 2 N–H and O–H groups in total. The highest BCUT2D eigenvalue weighted by Gasteiger charge is 2.41. The van der Waals surface area contributed by atoms with Gasteiger partial charge in [0.2, 0.25) is 0 Å². The molecular formula is C17H26F3IN6O. The number of halogens is 4. The van der Waals surface area contributed by atoms with Gasteiger partial charge in [-0.1, -0.05) is 0 Å². The Kier molecular flexibility index (Phi) is 9.93. The van der Waals surface area contributed by atoms with Gasteiger partial charge in [-0.15, -0.1) is 24.0 Å². The van der Waals surface area contributed by atoms with Crippen LogP contribution < -0.4 is 10.6 Å². The average Bonchev–Trinajstić information content (AvgIpc) is 2.67. The SMILES string of the molecule is CN=C(NCCNC(=O)c1cccnc1)N1CCN(C(C)C(F)(F)F)CC1.I. The summed E-state index contributed by atoms with van der Waals surface area (Å²) in [5, 5.41) is 5.90. The fraction of sp³-hybridized carbons (Fsp3) is 0.588. The second kappa shape index (κ2) is 11.4. The van der Waals surface area contributed by atoms with Crippen LogP contribution in [0, 0.1) is 0 Å². The van der Waals surface area contributed by atoms with Gasteiger partial charge < -0.3 is 15.5 Å². The van der Waals surface area contributed by atoms with Crippen LogP contribution in [0.3, 0.4) is 0 Å². The average molecular weight is 514 g/mol. The number of nitrogens with one attached hydrogen (secondary N) is 2. The van der Waals surface area contributed by atoms with Crippen LogP contribution in [-0.2, 0) is 0 Å². The predicted octanol–water partition coefficient (Wildman–Crippen LogP) is 1.57. The molecule has 0 aromatic carbocycles. The fourth-order valence-electron chi connectivity index (χ4n) is 2.81.